The molecule has 0 saturated heterocycles. The fourth-order valence-electron chi connectivity index (χ4n) is 4.12. The van der Waals surface area contributed by atoms with Crippen LogP contribution in [0.5, 0.6) is 0 Å². The molecular weight excluding hydrogens is 512 g/mol. The van der Waals surface area contributed by atoms with Gasteiger partial charge in [-0.05, 0) is 28.8 Å². The lowest BCUT2D eigenvalue weighted by Crippen LogP contribution is -2.35. The minimum Gasteiger partial charge on any atom is -0.455 e. The van der Waals surface area contributed by atoms with E-state index >= 15 is 0 Å². The van der Waals surface area contributed by atoms with E-state index in [9.17, 15) is 14.4 Å². The number of esters is 1. The smallest absolute Gasteiger partial charge is 0.308 e. The first-order chi connectivity index (χ1) is 19.0. The maximum atomic E-state index is 13.2. The molecule has 1 atom stereocenters. The Bertz CT molecular complexity index is 1340. The largest absolute Gasteiger partial charge is 0.455 e. The summed E-state index contributed by atoms with van der Waals surface area (Å²) in [5.41, 5.74) is 2.98. The van der Waals surface area contributed by atoms with Crippen molar-refractivity contribution in [1.29, 1.82) is 0 Å². The van der Waals surface area contributed by atoms with E-state index in [0.717, 1.165) is 16.7 Å². The number of carbonyl (C=O) groups excluding carboxylic acids is 3. The molecule has 0 fully saturated rings. The van der Waals surface area contributed by atoms with Crippen LogP contribution in [0.3, 0.4) is 0 Å². The van der Waals surface area contributed by atoms with Crippen LogP contribution in [0, 0.1) is 0 Å². The molecule has 0 aliphatic rings. The van der Waals surface area contributed by atoms with Crippen molar-refractivity contribution in [3.05, 3.63) is 143 Å². The number of nitrogens with zero attached hydrogens (tertiary/aromatic N) is 1. The van der Waals surface area contributed by atoms with Crippen molar-refractivity contribution in [2.45, 2.75) is 25.6 Å². The fourth-order valence-corrected chi connectivity index (χ4v) is 4.34. The van der Waals surface area contributed by atoms with Gasteiger partial charge in [0.25, 0.3) is 11.8 Å². The lowest BCUT2D eigenvalue weighted by atomic mass is 10.0. The Kier molecular flexibility index (Phi) is 9.86. The standard InChI is InChI=1S/C32H29ClN2O4/c33-28-19-11-10-18-27(28)32(38)34-29(26-16-8-3-9-17-26)20-31(37)39-23-30(36)35(21-24-12-4-1-5-13-24)22-25-14-6-2-7-15-25/h1-19,29H,20-23H2,(H,34,38). The molecule has 0 saturated carbocycles. The molecule has 0 aromatic heterocycles. The second-order valence-corrected chi connectivity index (χ2v) is 9.41. The molecule has 4 rings (SSSR count). The van der Waals surface area contributed by atoms with E-state index in [1.165, 1.54) is 0 Å². The SMILES string of the molecule is O=C(CC(NC(=O)c1ccccc1Cl)c1ccccc1)OCC(=O)N(Cc1ccccc1)Cc1ccccc1. The molecule has 0 bridgehead atoms. The Morgan fingerprint density at radius 3 is 1.79 bits per heavy atom. The van der Waals surface area contributed by atoms with Crippen LogP contribution in [-0.2, 0) is 27.4 Å². The second kappa shape index (κ2) is 13.9. The summed E-state index contributed by atoms with van der Waals surface area (Å²) in [5.74, 6) is -1.32. The number of rotatable bonds is 11. The summed E-state index contributed by atoms with van der Waals surface area (Å²) in [4.78, 5) is 40.6. The van der Waals surface area contributed by atoms with Gasteiger partial charge in [-0.25, -0.2) is 0 Å². The van der Waals surface area contributed by atoms with E-state index in [1.807, 2.05) is 91.0 Å². The first-order valence-electron chi connectivity index (χ1n) is 12.6. The van der Waals surface area contributed by atoms with E-state index in [-0.39, 0.29) is 12.3 Å². The zero-order valence-corrected chi connectivity index (χ0v) is 22.1. The first-order valence-corrected chi connectivity index (χ1v) is 13.0. The minimum atomic E-state index is -0.665. The van der Waals surface area contributed by atoms with Gasteiger partial charge in [0.15, 0.2) is 6.61 Å². The van der Waals surface area contributed by atoms with Crippen LogP contribution in [0.25, 0.3) is 0 Å². The summed E-state index contributed by atoms with van der Waals surface area (Å²) in [5, 5.41) is 3.19. The first kappa shape index (κ1) is 27.6. The van der Waals surface area contributed by atoms with Crippen LogP contribution < -0.4 is 5.32 Å². The van der Waals surface area contributed by atoms with E-state index < -0.39 is 24.5 Å². The summed E-state index contributed by atoms with van der Waals surface area (Å²) in [6.07, 6.45) is -0.148. The zero-order chi connectivity index (χ0) is 27.5. The summed E-state index contributed by atoms with van der Waals surface area (Å²) in [6, 6.07) is 34.5. The van der Waals surface area contributed by atoms with Crippen molar-refractivity contribution in [2.75, 3.05) is 6.61 Å². The average molecular weight is 541 g/mol. The Morgan fingerprint density at radius 2 is 1.23 bits per heavy atom. The van der Waals surface area contributed by atoms with Crippen molar-refractivity contribution >= 4 is 29.4 Å². The Hall–Kier alpha value is -4.42. The van der Waals surface area contributed by atoms with Crippen LogP contribution in [0.4, 0.5) is 0 Å². The van der Waals surface area contributed by atoms with Crippen LogP contribution in [0.1, 0.15) is 39.5 Å². The summed E-state index contributed by atoms with van der Waals surface area (Å²) in [7, 11) is 0. The predicted molar refractivity (Wildman–Crippen MR) is 151 cm³/mol. The van der Waals surface area contributed by atoms with Gasteiger partial charge >= 0.3 is 5.97 Å². The molecule has 4 aromatic carbocycles. The van der Waals surface area contributed by atoms with Crippen LogP contribution in [0.15, 0.2) is 115 Å². The van der Waals surface area contributed by atoms with Crippen molar-refractivity contribution in [2.24, 2.45) is 0 Å². The molecule has 0 heterocycles. The highest BCUT2D eigenvalue weighted by molar-refractivity contribution is 6.33. The number of halogens is 1. The number of benzene rings is 4. The van der Waals surface area contributed by atoms with E-state index in [2.05, 4.69) is 5.32 Å². The lowest BCUT2D eigenvalue weighted by molar-refractivity contribution is -0.153. The molecule has 0 radical (unpaired) electrons. The van der Waals surface area contributed by atoms with Gasteiger partial charge in [0.2, 0.25) is 0 Å². The molecular formula is C32H29ClN2O4. The molecule has 7 heteroatoms. The highest BCUT2D eigenvalue weighted by Crippen LogP contribution is 2.21. The van der Waals surface area contributed by atoms with Gasteiger partial charge in [0.05, 0.1) is 23.0 Å². The third-order valence-electron chi connectivity index (χ3n) is 6.14. The Morgan fingerprint density at radius 1 is 0.718 bits per heavy atom. The highest BCUT2D eigenvalue weighted by Gasteiger charge is 2.23. The van der Waals surface area contributed by atoms with Gasteiger partial charge in [-0.2, -0.15) is 0 Å². The van der Waals surface area contributed by atoms with E-state index in [0.29, 0.717) is 23.7 Å². The third-order valence-corrected chi connectivity index (χ3v) is 6.47. The van der Waals surface area contributed by atoms with E-state index in [4.69, 9.17) is 16.3 Å². The Balaban J connectivity index is 1.42. The number of hydrogen-bond acceptors (Lipinski definition) is 4. The van der Waals surface area contributed by atoms with Gasteiger partial charge in [0.1, 0.15) is 0 Å². The number of carbonyl (C=O) groups is 3. The predicted octanol–water partition coefficient (Wildman–Crippen LogP) is 5.97. The number of ether oxygens (including phenoxy) is 1. The van der Waals surface area contributed by atoms with Gasteiger partial charge in [0, 0.05) is 13.1 Å². The van der Waals surface area contributed by atoms with Crippen molar-refractivity contribution in [3.8, 4) is 0 Å². The van der Waals surface area contributed by atoms with Crippen LogP contribution in [-0.4, -0.2) is 29.3 Å². The highest BCUT2D eigenvalue weighted by atomic mass is 35.5. The van der Waals surface area contributed by atoms with Crippen LogP contribution >= 0.6 is 11.6 Å². The molecule has 0 spiro atoms. The average Bonchev–Trinajstić information content (AvgIpc) is 2.97. The molecule has 1 unspecified atom stereocenters. The minimum absolute atomic E-state index is 0.148. The van der Waals surface area contributed by atoms with Crippen LogP contribution in [0.2, 0.25) is 5.02 Å². The zero-order valence-electron chi connectivity index (χ0n) is 21.3. The molecule has 198 valence electrons. The van der Waals surface area contributed by atoms with E-state index in [1.54, 1.807) is 29.2 Å². The quantitative estimate of drug-likeness (QED) is 0.238. The topological polar surface area (TPSA) is 75.7 Å². The summed E-state index contributed by atoms with van der Waals surface area (Å²) < 4.78 is 5.42. The molecule has 39 heavy (non-hydrogen) atoms. The number of nitrogens with one attached hydrogen (secondary N) is 1. The van der Waals surface area contributed by atoms with Crippen molar-refractivity contribution in [3.63, 3.8) is 0 Å². The second-order valence-electron chi connectivity index (χ2n) is 9.00. The molecule has 1 N–H and O–H groups in total. The molecule has 6 nitrogen and oxygen atoms in total. The van der Waals surface area contributed by atoms with Crippen molar-refractivity contribution in [1.82, 2.24) is 10.2 Å². The Labute approximate surface area is 233 Å². The summed E-state index contributed by atoms with van der Waals surface area (Å²) in [6.45, 7) is 0.359. The van der Waals surface area contributed by atoms with Gasteiger partial charge in [-0.3, -0.25) is 14.4 Å². The maximum Gasteiger partial charge on any atom is 0.308 e. The number of hydrogen-bond donors (Lipinski definition) is 1. The third kappa shape index (κ3) is 8.28. The van der Waals surface area contributed by atoms with Crippen molar-refractivity contribution < 1.29 is 19.1 Å². The van der Waals surface area contributed by atoms with Gasteiger partial charge in [-0.15, -0.1) is 0 Å². The fraction of sp³-hybridized carbons (Fsp3) is 0.156. The normalized spacial score (nSPS) is 11.3. The molecule has 2 amide bonds. The molecule has 4 aromatic rings. The van der Waals surface area contributed by atoms with Gasteiger partial charge in [-0.1, -0.05) is 115 Å². The summed E-state index contributed by atoms with van der Waals surface area (Å²) >= 11 is 6.19. The number of amides is 2. The monoisotopic (exact) mass is 540 g/mol. The maximum absolute atomic E-state index is 13.2. The molecule has 0 aliphatic carbocycles. The lowest BCUT2D eigenvalue weighted by Gasteiger charge is -2.23. The molecule has 0 aliphatic heterocycles. The van der Waals surface area contributed by atoms with Gasteiger partial charge < -0.3 is 15.0 Å².